The van der Waals surface area contributed by atoms with Crippen molar-refractivity contribution in [2.75, 3.05) is 18.5 Å². The molecule has 1 amide bonds. The minimum Gasteiger partial charge on any atom is -0.349 e. The van der Waals surface area contributed by atoms with Crippen LogP contribution in [0.2, 0.25) is 0 Å². The summed E-state index contributed by atoms with van der Waals surface area (Å²) in [6.45, 7) is 1.14. The van der Waals surface area contributed by atoms with E-state index in [0.29, 0.717) is 24.3 Å². The molecule has 0 unspecified atom stereocenters. The van der Waals surface area contributed by atoms with E-state index in [0.717, 1.165) is 12.0 Å². The topological polar surface area (TPSA) is 84.7 Å². The largest absolute Gasteiger partial charge is 0.349 e. The highest BCUT2D eigenvalue weighted by Gasteiger charge is 2.16. The quantitative estimate of drug-likeness (QED) is 0.343. The van der Waals surface area contributed by atoms with E-state index in [-0.39, 0.29) is 17.6 Å². The lowest BCUT2D eigenvalue weighted by molar-refractivity contribution is 0.0944. The molecule has 7 nitrogen and oxygen atoms in total. The van der Waals surface area contributed by atoms with Crippen molar-refractivity contribution < 1.29 is 4.79 Å². The molecule has 5 aromatic rings. The number of fused-ring (bicyclic) bond motifs is 1. The van der Waals surface area contributed by atoms with E-state index >= 15 is 0 Å². The lowest BCUT2D eigenvalue weighted by Crippen LogP contribution is -2.28. The van der Waals surface area contributed by atoms with E-state index in [2.05, 4.69) is 50.0 Å². The summed E-state index contributed by atoms with van der Waals surface area (Å²) >= 11 is 0. The molecule has 0 spiro atoms. The lowest BCUT2D eigenvalue weighted by Gasteiger charge is -2.20. The van der Waals surface area contributed by atoms with Crippen LogP contribution in [0.4, 0.5) is 0 Å². The molecule has 3 aromatic carbocycles. The van der Waals surface area contributed by atoms with Gasteiger partial charge in [-0.25, -0.2) is 19.6 Å². The van der Waals surface area contributed by atoms with Crippen molar-refractivity contribution in [3.05, 3.63) is 126 Å². The van der Waals surface area contributed by atoms with Crippen LogP contribution in [0.3, 0.4) is 0 Å². The Hall–Kier alpha value is -4.52. The number of amides is 1. The van der Waals surface area contributed by atoms with Gasteiger partial charge in [-0.05, 0) is 23.1 Å². The molecule has 0 aliphatic rings. The van der Waals surface area contributed by atoms with Crippen molar-refractivity contribution in [1.82, 2.24) is 24.9 Å². The van der Waals surface area contributed by atoms with Crippen LogP contribution in [-0.2, 0) is 6.42 Å². The molecule has 2 aromatic heterocycles. The lowest BCUT2D eigenvalue weighted by atomic mass is 9.91. The number of rotatable bonds is 9. The SMILES string of the molecule is O=C(NCCc1ccccc1)c1ncc2ncn(NCC(c3ccccc3)c3ccccc3)c2n1. The summed E-state index contributed by atoms with van der Waals surface area (Å²) in [7, 11) is 0. The van der Waals surface area contributed by atoms with Crippen LogP contribution in [0.1, 0.15) is 33.2 Å². The summed E-state index contributed by atoms with van der Waals surface area (Å²) in [5.41, 5.74) is 8.20. The first kappa shape index (κ1) is 22.3. The van der Waals surface area contributed by atoms with Gasteiger partial charge in [0.15, 0.2) is 5.65 Å². The highest BCUT2D eigenvalue weighted by atomic mass is 16.2. The Labute approximate surface area is 203 Å². The molecule has 0 saturated carbocycles. The van der Waals surface area contributed by atoms with Gasteiger partial charge in [0, 0.05) is 19.0 Å². The summed E-state index contributed by atoms with van der Waals surface area (Å²) < 4.78 is 1.76. The van der Waals surface area contributed by atoms with E-state index < -0.39 is 0 Å². The number of carbonyl (C=O) groups excluding carboxylic acids is 1. The minimum atomic E-state index is -0.304. The third-order valence-electron chi connectivity index (χ3n) is 5.91. The number of imidazole rings is 1. The third kappa shape index (κ3) is 5.35. The maximum atomic E-state index is 12.7. The molecule has 0 radical (unpaired) electrons. The second kappa shape index (κ2) is 10.6. The summed E-state index contributed by atoms with van der Waals surface area (Å²) in [5, 5.41) is 2.90. The van der Waals surface area contributed by atoms with Crippen LogP contribution in [0.5, 0.6) is 0 Å². The number of hydrogen-bond donors (Lipinski definition) is 2. The fourth-order valence-electron chi connectivity index (χ4n) is 4.07. The van der Waals surface area contributed by atoms with Gasteiger partial charge in [0.05, 0.1) is 6.20 Å². The van der Waals surface area contributed by atoms with E-state index in [4.69, 9.17) is 0 Å². The van der Waals surface area contributed by atoms with Crippen molar-refractivity contribution >= 4 is 17.1 Å². The van der Waals surface area contributed by atoms with Crippen molar-refractivity contribution in [1.29, 1.82) is 0 Å². The Kier molecular flexibility index (Phi) is 6.75. The Morgan fingerprint density at radius 3 is 2.11 bits per heavy atom. The molecule has 0 fully saturated rings. The predicted octanol–water partition coefficient (Wildman–Crippen LogP) is 4.17. The van der Waals surface area contributed by atoms with Gasteiger partial charge in [0.2, 0.25) is 5.82 Å². The van der Waals surface area contributed by atoms with Crippen molar-refractivity contribution in [3.8, 4) is 0 Å². The molecule has 0 bridgehead atoms. The molecule has 2 heterocycles. The van der Waals surface area contributed by atoms with Crippen LogP contribution in [0.25, 0.3) is 11.2 Å². The zero-order valence-corrected chi connectivity index (χ0v) is 19.2. The van der Waals surface area contributed by atoms with Crippen molar-refractivity contribution in [2.24, 2.45) is 0 Å². The monoisotopic (exact) mass is 462 g/mol. The van der Waals surface area contributed by atoms with E-state index in [1.807, 2.05) is 66.7 Å². The zero-order chi connectivity index (χ0) is 23.9. The second-order valence-corrected chi connectivity index (χ2v) is 8.24. The number of benzene rings is 3. The van der Waals surface area contributed by atoms with Crippen LogP contribution >= 0.6 is 0 Å². The molecule has 5 rings (SSSR count). The summed E-state index contributed by atoms with van der Waals surface area (Å²) in [5.74, 6) is -0.0451. The number of nitrogens with zero attached hydrogens (tertiary/aromatic N) is 4. The zero-order valence-electron chi connectivity index (χ0n) is 19.2. The first-order valence-electron chi connectivity index (χ1n) is 11.6. The molecule has 35 heavy (non-hydrogen) atoms. The number of hydrogen-bond acceptors (Lipinski definition) is 5. The van der Waals surface area contributed by atoms with Gasteiger partial charge in [-0.15, -0.1) is 0 Å². The van der Waals surface area contributed by atoms with Gasteiger partial charge in [0.1, 0.15) is 11.8 Å². The molecule has 7 heteroatoms. The number of aromatic nitrogens is 4. The Balaban J connectivity index is 1.30. The van der Waals surface area contributed by atoms with Gasteiger partial charge in [-0.3, -0.25) is 4.79 Å². The number of carbonyl (C=O) groups is 1. The first-order valence-corrected chi connectivity index (χ1v) is 11.6. The molecule has 0 aliphatic carbocycles. The average molecular weight is 463 g/mol. The van der Waals surface area contributed by atoms with Gasteiger partial charge in [-0.2, -0.15) is 0 Å². The molecular weight excluding hydrogens is 436 g/mol. The summed E-state index contributed by atoms with van der Waals surface area (Å²) in [4.78, 5) is 25.8. The smallest absolute Gasteiger partial charge is 0.289 e. The first-order chi connectivity index (χ1) is 17.3. The molecule has 0 aliphatic heterocycles. The standard InChI is InChI=1S/C28H26N6O/c35-28(29-17-16-21-10-4-1-5-11-21)26-30-19-25-27(33-26)34(20-31-25)32-18-24(22-12-6-2-7-13-22)23-14-8-3-9-15-23/h1-15,19-20,24,32H,16-18H2,(H,29,35). The number of nitrogens with one attached hydrogen (secondary N) is 2. The maximum absolute atomic E-state index is 12.7. The van der Waals surface area contributed by atoms with Crippen LogP contribution in [0, 0.1) is 0 Å². The van der Waals surface area contributed by atoms with Crippen molar-refractivity contribution in [3.63, 3.8) is 0 Å². The van der Waals surface area contributed by atoms with E-state index in [1.54, 1.807) is 17.2 Å². The van der Waals surface area contributed by atoms with Gasteiger partial charge in [-0.1, -0.05) is 91.0 Å². The Morgan fingerprint density at radius 2 is 1.46 bits per heavy atom. The highest BCUT2D eigenvalue weighted by Crippen LogP contribution is 2.24. The van der Waals surface area contributed by atoms with Gasteiger partial charge < -0.3 is 10.7 Å². The highest BCUT2D eigenvalue weighted by molar-refractivity contribution is 5.91. The molecule has 2 N–H and O–H groups in total. The fraction of sp³-hybridized carbons (Fsp3) is 0.143. The average Bonchev–Trinajstić information content (AvgIpc) is 3.33. The molecular formula is C28H26N6O. The molecule has 0 atom stereocenters. The van der Waals surface area contributed by atoms with Gasteiger partial charge in [0.25, 0.3) is 5.91 Å². The van der Waals surface area contributed by atoms with Crippen LogP contribution in [0.15, 0.2) is 104 Å². The molecule has 174 valence electrons. The fourth-order valence-corrected chi connectivity index (χ4v) is 4.07. The van der Waals surface area contributed by atoms with Crippen LogP contribution < -0.4 is 10.7 Å². The van der Waals surface area contributed by atoms with Gasteiger partial charge >= 0.3 is 0 Å². The second-order valence-electron chi connectivity index (χ2n) is 8.24. The summed E-state index contributed by atoms with van der Waals surface area (Å²) in [6.07, 6.45) is 4.00. The summed E-state index contributed by atoms with van der Waals surface area (Å²) in [6, 6.07) is 30.8. The Morgan fingerprint density at radius 1 is 0.829 bits per heavy atom. The van der Waals surface area contributed by atoms with E-state index in [9.17, 15) is 4.79 Å². The van der Waals surface area contributed by atoms with Crippen LogP contribution in [-0.4, -0.2) is 38.6 Å². The van der Waals surface area contributed by atoms with Crippen molar-refractivity contribution in [2.45, 2.75) is 12.3 Å². The molecule has 0 saturated heterocycles. The Bertz CT molecular complexity index is 1350. The third-order valence-corrected chi connectivity index (χ3v) is 5.91. The normalized spacial score (nSPS) is 11.0. The minimum absolute atomic E-state index is 0.122. The maximum Gasteiger partial charge on any atom is 0.289 e. The predicted molar refractivity (Wildman–Crippen MR) is 137 cm³/mol. The van der Waals surface area contributed by atoms with E-state index in [1.165, 1.54) is 11.1 Å².